The third-order valence-corrected chi connectivity index (χ3v) is 5.82. The molecule has 9 nitrogen and oxygen atoms in total. The average molecular weight is 439 g/mol. The number of likely N-dealkylation sites (N-methyl/N-ethyl adjacent to an activating group) is 1. The molecular weight excluding hydrogens is 418 g/mol. The molecule has 0 bridgehead atoms. The number of aliphatic hydroxyl groups is 1. The molecule has 1 aliphatic heterocycles. The maximum atomic E-state index is 12.2. The number of aryl methyl sites for hydroxylation is 1. The number of hydrogen-bond donors (Lipinski definition) is 3. The number of likely N-dealkylation sites (tertiary alicyclic amines) is 1. The summed E-state index contributed by atoms with van der Waals surface area (Å²) in [4.78, 5) is 27.2. The molecule has 1 saturated heterocycles. The Bertz CT molecular complexity index is 1470. The number of nitrogens with zero attached hydrogens (tertiary/aromatic N) is 5. The van der Waals surface area contributed by atoms with Crippen LogP contribution in [0.3, 0.4) is 0 Å². The number of benzene rings is 1. The predicted molar refractivity (Wildman–Crippen MR) is 124 cm³/mol. The van der Waals surface area contributed by atoms with E-state index in [1.165, 1.54) is 4.90 Å². The number of rotatable bonds is 2. The van der Waals surface area contributed by atoms with Gasteiger partial charge in [-0.3, -0.25) is 9.89 Å². The van der Waals surface area contributed by atoms with E-state index in [0.717, 1.165) is 27.8 Å². The lowest BCUT2D eigenvalue weighted by Gasteiger charge is -2.13. The van der Waals surface area contributed by atoms with Crippen molar-refractivity contribution in [3.8, 4) is 34.4 Å². The maximum Gasteiger partial charge on any atom is 0.267 e. The van der Waals surface area contributed by atoms with Crippen molar-refractivity contribution >= 4 is 22.6 Å². The third-order valence-electron chi connectivity index (χ3n) is 5.82. The van der Waals surface area contributed by atoms with E-state index in [1.54, 1.807) is 31.7 Å². The van der Waals surface area contributed by atoms with Crippen molar-refractivity contribution in [2.45, 2.75) is 18.9 Å². The second-order valence-corrected chi connectivity index (χ2v) is 8.09. The zero-order valence-electron chi connectivity index (χ0n) is 18.1. The van der Waals surface area contributed by atoms with Crippen LogP contribution in [0, 0.1) is 18.8 Å². The van der Waals surface area contributed by atoms with Gasteiger partial charge < -0.3 is 15.7 Å². The summed E-state index contributed by atoms with van der Waals surface area (Å²) in [5.74, 6) is 6.05. The Kier molecular flexibility index (Phi) is 4.80. The number of nitrogens with one attached hydrogen (secondary N) is 1. The van der Waals surface area contributed by atoms with Crippen molar-refractivity contribution < 1.29 is 9.90 Å². The van der Waals surface area contributed by atoms with Gasteiger partial charge in [0, 0.05) is 65.7 Å². The SMILES string of the molecule is Cc1[nH]ncc1-c1cnc(N)c2nc(-c3cccc(C#CC4(O)CCN(C)C4=O)c3)ncc12. The zero-order chi connectivity index (χ0) is 23.2. The van der Waals surface area contributed by atoms with Crippen LogP contribution < -0.4 is 5.73 Å². The summed E-state index contributed by atoms with van der Waals surface area (Å²) in [7, 11) is 1.65. The Morgan fingerprint density at radius 2 is 2.06 bits per heavy atom. The first kappa shape index (κ1) is 20.6. The van der Waals surface area contributed by atoms with Crippen molar-refractivity contribution in [3.63, 3.8) is 0 Å². The maximum absolute atomic E-state index is 12.2. The average Bonchev–Trinajstić information content (AvgIpc) is 3.37. The number of carbonyl (C=O) groups is 1. The highest BCUT2D eigenvalue weighted by molar-refractivity contribution is 5.99. The highest BCUT2D eigenvalue weighted by Gasteiger charge is 2.42. The number of fused-ring (bicyclic) bond motifs is 1. The molecule has 4 aromatic rings. The smallest absolute Gasteiger partial charge is 0.267 e. The van der Waals surface area contributed by atoms with E-state index in [4.69, 9.17) is 5.73 Å². The second-order valence-electron chi connectivity index (χ2n) is 8.09. The minimum Gasteiger partial charge on any atom is -0.382 e. The Balaban J connectivity index is 1.53. The molecule has 1 atom stereocenters. The number of pyridine rings is 1. The second kappa shape index (κ2) is 7.69. The molecule has 0 saturated carbocycles. The van der Waals surface area contributed by atoms with Gasteiger partial charge in [-0.25, -0.2) is 15.0 Å². The van der Waals surface area contributed by atoms with E-state index < -0.39 is 5.60 Å². The van der Waals surface area contributed by atoms with Crippen LogP contribution >= 0.6 is 0 Å². The number of aromatic nitrogens is 5. The van der Waals surface area contributed by atoms with Gasteiger partial charge in [0.1, 0.15) is 11.3 Å². The molecule has 4 heterocycles. The van der Waals surface area contributed by atoms with E-state index in [-0.39, 0.29) is 12.3 Å². The highest BCUT2D eigenvalue weighted by atomic mass is 16.3. The lowest BCUT2D eigenvalue weighted by molar-refractivity contribution is -0.137. The molecule has 1 aromatic carbocycles. The van der Waals surface area contributed by atoms with Gasteiger partial charge in [-0.2, -0.15) is 5.10 Å². The van der Waals surface area contributed by atoms with Gasteiger partial charge in [0.2, 0.25) is 5.60 Å². The summed E-state index contributed by atoms with van der Waals surface area (Å²) >= 11 is 0. The Morgan fingerprint density at radius 1 is 1.21 bits per heavy atom. The number of nitrogens with two attached hydrogens (primary N) is 1. The molecule has 9 heteroatoms. The fourth-order valence-corrected chi connectivity index (χ4v) is 3.90. The van der Waals surface area contributed by atoms with E-state index in [2.05, 4.69) is 37.0 Å². The monoisotopic (exact) mass is 439 g/mol. The van der Waals surface area contributed by atoms with Gasteiger partial charge in [0.15, 0.2) is 5.82 Å². The zero-order valence-corrected chi connectivity index (χ0v) is 18.1. The molecule has 4 N–H and O–H groups in total. The molecule has 1 aliphatic rings. The first-order valence-electron chi connectivity index (χ1n) is 10.4. The predicted octanol–water partition coefficient (Wildman–Crippen LogP) is 1.92. The molecule has 33 heavy (non-hydrogen) atoms. The number of anilines is 1. The van der Waals surface area contributed by atoms with Gasteiger partial charge in [-0.1, -0.05) is 24.0 Å². The number of H-pyrrole nitrogens is 1. The quantitative estimate of drug-likeness (QED) is 0.406. The lowest BCUT2D eigenvalue weighted by atomic mass is 10.0. The van der Waals surface area contributed by atoms with Crippen LogP contribution in [0.2, 0.25) is 0 Å². The number of hydrogen-bond acceptors (Lipinski definition) is 7. The fraction of sp³-hybridized carbons (Fsp3) is 0.208. The van der Waals surface area contributed by atoms with Crippen LogP contribution in [0.25, 0.3) is 33.4 Å². The van der Waals surface area contributed by atoms with Crippen molar-refractivity contribution in [1.82, 2.24) is 30.0 Å². The van der Waals surface area contributed by atoms with Gasteiger partial charge in [0.05, 0.1) is 6.20 Å². The van der Waals surface area contributed by atoms with Gasteiger partial charge in [-0.15, -0.1) is 0 Å². The summed E-state index contributed by atoms with van der Waals surface area (Å²) in [5.41, 5.74) is 9.07. The molecule has 164 valence electrons. The van der Waals surface area contributed by atoms with E-state index in [9.17, 15) is 9.90 Å². The normalized spacial score (nSPS) is 17.9. The minimum absolute atomic E-state index is 0.285. The lowest BCUT2D eigenvalue weighted by Crippen LogP contribution is -2.37. The Labute approximate surface area is 189 Å². The topological polar surface area (TPSA) is 134 Å². The number of aromatic amines is 1. The van der Waals surface area contributed by atoms with Crippen molar-refractivity contribution in [3.05, 3.63) is 54.1 Å². The molecule has 0 aliphatic carbocycles. The molecule has 1 fully saturated rings. The van der Waals surface area contributed by atoms with Crippen LogP contribution in [0.4, 0.5) is 5.82 Å². The minimum atomic E-state index is -1.65. The van der Waals surface area contributed by atoms with Crippen LogP contribution in [0.15, 0.2) is 42.9 Å². The molecule has 5 rings (SSSR count). The number of carbonyl (C=O) groups excluding carboxylic acids is 1. The fourth-order valence-electron chi connectivity index (χ4n) is 3.90. The molecule has 1 unspecified atom stereocenters. The van der Waals surface area contributed by atoms with E-state index in [1.807, 2.05) is 25.1 Å². The molecule has 0 spiro atoms. The van der Waals surface area contributed by atoms with Crippen LogP contribution in [0.1, 0.15) is 17.7 Å². The van der Waals surface area contributed by atoms with Crippen molar-refractivity contribution in [2.24, 2.45) is 0 Å². The van der Waals surface area contributed by atoms with E-state index >= 15 is 0 Å². The molecular formula is C24H21N7O2. The summed E-state index contributed by atoms with van der Waals surface area (Å²) in [6.07, 6.45) is 5.44. The Morgan fingerprint density at radius 3 is 2.79 bits per heavy atom. The summed E-state index contributed by atoms with van der Waals surface area (Å²) < 4.78 is 0. The molecule has 3 aromatic heterocycles. The van der Waals surface area contributed by atoms with Gasteiger partial charge in [0.25, 0.3) is 5.91 Å². The summed E-state index contributed by atoms with van der Waals surface area (Å²) in [6, 6.07) is 7.31. The van der Waals surface area contributed by atoms with Crippen molar-refractivity contribution in [1.29, 1.82) is 0 Å². The number of nitrogen functional groups attached to an aromatic ring is 1. The highest BCUT2D eigenvalue weighted by Crippen LogP contribution is 2.31. The summed E-state index contributed by atoms with van der Waals surface area (Å²) in [5, 5.41) is 18.3. The van der Waals surface area contributed by atoms with Crippen LogP contribution in [-0.2, 0) is 4.79 Å². The summed E-state index contributed by atoms with van der Waals surface area (Å²) in [6.45, 7) is 2.41. The molecule has 0 radical (unpaired) electrons. The number of amides is 1. The Hall–Kier alpha value is -4.29. The van der Waals surface area contributed by atoms with E-state index in [0.29, 0.717) is 29.3 Å². The van der Waals surface area contributed by atoms with Crippen LogP contribution in [-0.4, -0.2) is 60.3 Å². The van der Waals surface area contributed by atoms with Gasteiger partial charge in [-0.05, 0) is 19.1 Å². The van der Waals surface area contributed by atoms with Crippen molar-refractivity contribution in [2.75, 3.05) is 19.3 Å². The van der Waals surface area contributed by atoms with Crippen LogP contribution in [0.5, 0.6) is 0 Å². The first-order valence-corrected chi connectivity index (χ1v) is 10.4. The largest absolute Gasteiger partial charge is 0.382 e. The standard InChI is InChI=1S/C24H21N7O2/c1-14-17(13-28-30-14)18-11-26-21(25)20-19(18)12-27-22(29-20)16-5-3-4-15(10-16)6-7-24(33)8-9-31(2)23(24)32/h3-5,10-13,33H,8-9H2,1-2H3,(H2,25,26)(H,28,30). The third kappa shape index (κ3) is 3.56. The molecule has 1 amide bonds. The first-order chi connectivity index (χ1) is 15.9. The van der Waals surface area contributed by atoms with Gasteiger partial charge >= 0.3 is 0 Å².